The molecule has 1 saturated heterocycles. The average molecular weight is 696 g/mol. The second-order valence-corrected chi connectivity index (χ2v) is 16.3. The highest BCUT2D eigenvalue weighted by Gasteiger charge is 2.45. The van der Waals surface area contributed by atoms with Crippen LogP contribution in [0, 0.1) is 11.8 Å². The Kier molecular flexibility index (Phi) is 9.40. The van der Waals surface area contributed by atoms with Gasteiger partial charge in [0.05, 0.1) is 41.9 Å². The molecule has 256 valence electrons. The number of anilines is 1. The highest BCUT2D eigenvalue weighted by molar-refractivity contribution is 7.91. The van der Waals surface area contributed by atoms with Gasteiger partial charge in [0.15, 0.2) is 0 Å². The van der Waals surface area contributed by atoms with Gasteiger partial charge in [-0.1, -0.05) is 17.7 Å². The molecule has 6 atom stereocenters. The predicted octanol–water partition coefficient (Wildman–Crippen LogP) is 5.75. The van der Waals surface area contributed by atoms with E-state index in [0.717, 1.165) is 55.9 Å². The molecule has 1 aromatic heterocycles. The zero-order valence-corrected chi connectivity index (χ0v) is 28.7. The van der Waals surface area contributed by atoms with E-state index in [9.17, 15) is 18.3 Å². The van der Waals surface area contributed by atoms with E-state index in [0.29, 0.717) is 43.6 Å². The summed E-state index contributed by atoms with van der Waals surface area (Å²) < 4.78 is 44.8. The highest BCUT2D eigenvalue weighted by atomic mass is 35.5. The number of aromatic nitrogens is 2. The molecule has 1 N–H and O–H groups in total. The van der Waals surface area contributed by atoms with Gasteiger partial charge in [-0.25, -0.2) is 23.2 Å². The summed E-state index contributed by atoms with van der Waals surface area (Å²) in [4.78, 5) is 22.2. The Morgan fingerprint density at radius 2 is 2.00 bits per heavy atom. The number of hydrogen-bond acceptors (Lipinski definition) is 9. The maximum Gasteiger partial charge on any atom is 0.335 e. The van der Waals surface area contributed by atoms with Crippen molar-refractivity contribution in [3.8, 4) is 5.75 Å². The monoisotopic (exact) mass is 695 g/mol. The van der Waals surface area contributed by atoms with Gasteiger partial charge in [0.1, 0.15) is 5.75 Å². The SMILES string of the molecule is C[C@@H](CS(=O)(=O)c1ncccn1)O[C@@H]1CCO[C@@H]([C@@H]2CC[C@H]2CN2CC3(CCCc4cc(Cl)ccc43)COc3ccc(C(=O)O)cc32)C1. The third-order valence-corrected chi connectivity index (χ3v) is 12.6. The number of hydrogen-bond donors (Lipinski definition) is 1. The van der Waals surface area contributed by atoms with Gasteiger partial charge in [0, 0.05) is 48.9 Å². The summed E-state index contributed by atoms with van der Waals surface area (Å²) in [6.45, 7) is 4.33. The number of carboxylic acids is 1. The third kappa shape index (κ3) is 6.79. The average Bonchev–Trinajstić information content (AvgIpc) is 3.20. The molecule has 2 aliphatic carbocycles. The minimum Gasteiger partial charge on any atom is -0.490 e. The molecular formula is C36H42ClN3O7S. The minimum atomic E-state index is -3.66. The van der Waals surface area contributed by atoms with Crippen molar-refractivity contribution in [2.24, 2.45) is 11.8 Å². The van der Waals surface area contributed by atoms with Gasteiger partial charge in [-0.2, -0.15) is 0 Å². The summed E-state index contributed by atoms with van der Waals surface area (Å²) in [5, 5.41) is 10.4. The van der Waals surface area contributed by atoms with E-state index in [1.807, 2.05) is 6.07 Å². The molecule has 3 heterocycles. The Morgan fingerprint density at radius 3 is 2.77 bits per heavy atom. The number of carbonyl (C=O) groups is 1. The van der Waals surface area contributed by atoms with E-state index >= 15 is 0 Å². The number of nitrogens with zero attached hydrogens (tertiary/aromatic N) is 3. The first-order valence-corrected chi connectivity index (χ1v) is 18.9. The van der Waals surface area contributed by atoms with Gasteiger partial charge in [0.25, 0.3) is 0 Å². The lowest BCUT2D eigenvalue weighted by Gasteiger charge is -2.48. The first-order valence-electron chi connectivity index (χ1n) is 16.9. The first kappa shape index (κ1) is 33.3. The van der Waals surface area contributed by atoms with Crippen molar-refractivity contribution >= 4 is 33.1 Å². The van der Waals surface area contributed by atoms with Crippen molar-refractivity contribution in [1.82, 2.24) is 9.97 Å². The number of aromatic carboxylic acids is 1. The molecule has 1 saturated carbocycles. The Bertz CT molecular complexity index is 1760. The molecule has 0 amide bonds. The minimum absolute atomic E-state index is 0.00308. The number of fused-ring (bicyclic) bond motifs is 3. The van der Waals surface area contributed by atoms with Crippen LogP contribution >= 0.6 is 11.6 Å². The van der Waals surface area contributed by atoms with Crippen molar-refractivity contribution in [1.29, 1.82) is 0 Å². The van der Waals surface area contributed by atoms with E-state index in [2.05, 4.69) is 27.0 Å². The van der Waals surface area contributed by atoms with E-state index in [1.54, 1.807) is 31.2 Å². The van der Waals surface area contributed by atoms with E-state index in [4.69, 9.17) is 25.8 Å². The Morgan fingerprint density at radius 1 is 1.17 bits per heavy atom. The molecule has 48 heavy (non-hydrogen) atoms. The van der Waals surface area contributed by atoms with Gasteiger partial charge in [-0.05, 0) is 105 Å². The molecule has 7 rings (SSSR count). The number of halogens is 1. The van der Waals surface area contributed by atoms with Crippen LogP contribution < -0.4 is 9.64 Å². The van der Waals surface area contributed by atoms with Crippen molar-refractivity contribution in [2.75, 3.05) is 37.0 Å². The Labute approximate surface area is 286 Å². The quantitative estimate of drug-likeness (QED) is 0.276. The third-order valence-electron chi connectivity index (χ3n) is 10.7. The smallest absolute Gasteiger partial charge is 0.335 e. The number of benzene rings is 2. The molecule has 3 aromatic rings. The fraction of sp³-hybridized carbons (Fsp3) is 0.528. The molecule has 0 bridgehead atoms. The zero-order chi connectivity index (χ0) is 33.5. The lowest BCUT2D eigenvalue weighted by molar-refractivity contribution is -0.126. The second kappa shape index (κ2) is 13.6. The van der Waals surface area contributed by atoms with Gasteiger partial charge in [-0.3, -0.25) is 0 Å². The summed E-state index contributed by atoms with van der Waals surface area (Å²) in [6.07, 6.45) is 8.72. The van der Waals surface area contributed by atoms with Crippen LogP contribution in [0.4, 0.5) is 5.69 Å². The van der Waals surface area contributed by atoms with Crippen LogP contribution in [0.1, 0.15) is 66.9 Å². The lowest BCUT2D eigenvalue weighted by Crippen LogP contribution is -2.51. The molecular weight excluding hydrogens is 654 g/mol. The van der Waals surface area contributed by atoms with Crippen LogP contribution in [0.5, 0.6) is 5.75 Å². The second-order valence-electron chi connectivity index (χ2n) is 13.9. The molecule has 1 unspecified atom stereocenters. The summed E-state index contributed by atoms with van der Waals surface area (Å²) in [5.74, 6) is 0.219. The number of aryl methyl sites for hydroxylation is 1. The van der Waals surface area contributed by atoms with Crippen LogP contribution in [0.3, 0.4) is 0 Å². The largest absolute Gasteiger partial charge is 0.490 e. The van der Waals surface area contributed by atoms with Crippen molar-refractivity contribution in [3.63, 3.8) is 0 Å². The molecule has 4 aliphatic rings. The number of rotatable bonds is 9. The standard InChI is InChI=1S/C36H42ClN3O7S/c1-23(20-48(43,44)35-38-13-3-14-39-35)47-28-11-15-45-33(18-28)29-8-5-26(29)19-40-21-36(12-2-4-24-16-27(37)7-9-30(24)36)22-46-32-10-6-25(34(41)42)17-31(32)40/h3,6-7,9-10,13-14,16-17,23,26,28-29,33H,2,4-5,8,11-12,15,18-22H2,1H3,(H,41,42)/t23-,26-,28+,29+,33+,36?/m0/s1. The number of ether oxygens (including phenoxy) is 3. The molecule has 12 heteroatoms. The summed E-state index contributed by atoms with van der Waals surface area (Å²) in [7, 11) is -3.66. The fourth-order valence-electron chi connectivity index (χ4n) is 8.26. The van der Waals surface area contributed by atoms with Crippen molar-refractivity contribution in [3.05, 3.63) is 76.6 Å². The number of carboxylic acid groups (broad SMARTS) is 1. The molecule has 2 fully saturated rings. The first-order chi connectivity index (χ1) is 23.1. The Balaban J connectivity index is 1.08. The molecule has 1 spiro atoms. The lowest BCUT2D eigenvalue weighted by atomic mass is 9.67. The van der Waals surface area contributed by atoms with E-state index < -0.39 is 21.9 Å². The van der Waals surface area contributed by atoms with Gasteiger partial charge < -0.3 is 24.2 Å². The van der Waals surface area contributed by atoms with Gasteiger partial charge in [-0.15, -0.1) is 0 Å². The van der Waals surface area contributed by atoms with E-state index in [-0.39, 0.29) is 34.1 Å². The maximum atomic E-state index is 12.8. The topological polar surface area (TPSA) is 128 Å². The van der Waals surface area contributed by atoms with Crippen LogP contribution in [0.15, 0.2) is 60.0 Å². The number of sulfone groups is 1. The normalized spacial score (nSPS) is 27.6. The summed E-state index contributed by atoms with van der Waals surface area (Å²) >= 11 is 6.41. The highest BCUT2D eigenvalue weighted by Crippen LogP contribution is 2.47. The summed E-state index contributed by atoms with van der Waals surface area (Å²) in [5.41, 5.74) is 3.34. The fourth-order valence-corrected chi connectivity index (χ4v) is 9.74. The molecule has 0 radical (unpaired) electrons. The van der Waals surface area contributed by atoms with Crippen LogP contribution in [-0.2, 0) is 31.1 Å². The summed E-state index contributed by atoms with van der Waals surface area (Å²) in [6, 6.07) is 13.0. The van der Waals surface area contributed by atoms with E-state index in [1.165, 1.54) is 23.5 Å². The van der Waals surface area contributed by atoms with Gasteiger partial charge >= 0.3 is 5.97 Å². The maximum absolute atomic E-state index is 12.8. The Hall–Kier alpha value is -3.25. The molecule has 10 nitrogen and oxygen atoms in total. The van der Waals surface area contributed by atoms with Crippen molar-refractivity contribution < 1.29 is 32.5 Å². The molecule has 2 aromatic carbocycles. The van der Waals surface area contributed by atoms with Crippen LogP contribution in [0.25, 0.3) is 0 Å². The van der Waals surface area contributed by atoms with Crippen LogP contribution in [-0.4, -0.2) is 79.8 Å². The zero-order valence-electron chi connectivity index (χ0n) is 27.1. The van der Waals surface area contributed by atoms with Crippen LogP contribution in [0.2, 0.25) is 5.02 Å². The predicted molar refractivity (Wildman–Crippen MR) is 181 cm³/mol. The van der Waals surface area contributed by atoms with Crippen molar-refractivity contribution in [2.45, 2.75) is 80.8 Å². The van der Waals surface area contributed by atoms with Gasteiger partial charge in [0.2, 0.25) is 15.0 Å². The molecule has 2 aliphatic heterocycles.